The van der Waals surface area contributed by atoms with Crippen LogP contribution in [-0.4, -0.2) is 95.2 Å². The average Bonchev–Trinajstić information content (AvgIpc) is 4.35. The molecule has 6 aliphatic carbocycles. The number of carboxylic acid groups (broad SMARTS) is 2. The molecular formula is C62H64BClF4N8O10S2. The smallest absolute Gasteiger partial charge is 0.481 e. The number of halogens is 5. The Morgan fingerprint density at radius 3 is 1.47 bits per heavy atom. The molecule has 1 saturated heterocycles. The molecule has 4 atom stereocenters. The lowest BCUT2D eigenvalue weighted by Gasteiger charge is -2.46. The van der Waals surface area contributed by atoms with Gasteiger partial charge < -0.3 is 19.5 Å². The lowest BCUT2D eigenvalue weighted by atomic mass is 9.57. The Bertz CT molecular complexity index is 4220. The molecule has 7 fully saturated rings. The van der Waals surface area contributed by atoms with Crippen LogP contribution < -0.4 is 5.46 Å². The summed E-state index contributed by atoms with van der Waals surface area (Å²) in [4.78, 5) is 47.9. The molecule has 15 rings (SSSR count). The highest BCUT2D eigenvalue weighted by Gasteiger charge is 2.53. The molecule has 18 nitrogen and oxygen atoms in total. The minimum Gasteiger partial charge on any atom is -0.481 e. The molecule has 88 heavy (non-hydrogen) atoms. The standard InChI is InChI=1S/C28H26F2N4O4S.C20H22BFN2O4S.C14H16ClFN2O2/c1-15-2-8-19(9-3-15)39(37,38)34-14-22(21-10-18(29)12-32-27(21)34)26-31-13-23(30)24(33-26)11-20-16-4-6-17(7-5-16)25(20)28(35)36;1-13-6-8-15(9-7-13)29(25,26)24-12-17(16-10-14(22)11-23-18(16)24)21-27-19(2,3)20(4,5)28-21;15-14-17-6-10(16)11(18-14)5-9-7-1-3-8(4-2-7)12(9)13(19)20/h2-3,8-10,12-14,16-17,20,25H,4-7,11H2,1H3,(H,35,36);6-12H,1-5H3;6-9,12H,1-5H2,(H,19,20)/t16?,17?,20-,25-;;7?,8?,9-,12-/m0.0/s1. The van der Waals surface area contributed by atoms with Gasteiger partial charge in [0.05, 0.1) is 69.0 Å². The first-order chi connectivity index (χ1) is 41.6. The molecule has 4 bridgehead atoms. The SMILES string of the molecule is Cc1ccc(S(=O)(=O)n2cc(-c3ncc(F)c(C[C@H]4C5CCC(CC5)[C@@H]4C(=O)O)n3)c3cc(F)cnc32)cc1.Cc1ccc(S(=O)(=O)n2cc(B3OC(C)(C)C(C)(C)O3)c3cc(F)cnc32)cc1.O=C(O)[C@H]1C2CCC(CC2)[C@@H]1Cc1nc(Cl)ncc1F. The molecule has 2 aromatic carbocycles. The summed E-state index contributed by atoms with van der Waals surface area (Å²) in [6.07, 6.45) is 14.7. The van der Waals surface area contributed by atoms with Crippen molar-refractivity contribution in [2.45, 2.75) is 127 Å². The number of fused-ring (bicyclic) bond motifs is 8. The van der Waals surface area contributed by atoms with Gasteiger partial charge in [0, 0.05) is 34.2 Å². The van der Waals surface area contributed by atoms with Gasteiger partial charge in [0.25, 0.3) is 20.0 Å². The lowest BCUT2D eigenvalue weighted by molar-refractivity contribution is -0.153. The van der Waals surface area contributed by atoms with Gasteiger partial charge in [0.2, 0.25) is 5.28 Å². The van der Waals surface area contributed by atoms with E-state index < -0.39 is 79.5 Å². The van der Waals surface area contributed by atoms with Crippen molar-refractivity contribution < 1.29 is 63.5 Å². The zero-order valence-corrected chi connectivity index (χ0v) is 51.3. The van der Waals surface area contributed by atoms with Crippen LogP contribution in [0.15, 0.2) is 108 Å². The Morgan fingerprint density at radius 1 is 0.591 bits per heavy atom. The second-order valence-corrected chi connectivity index (χ2v) is 28.7. The fourth-order valence-electron chi connectivity index (χ4n) is 13.6. The first-order valence-electron chi connectivity index (χ1n) is 29.1. The van der Waals surface area contributed by atoms with Gasteiger partial charge in [0.15, 0.2) is 28.8 Å². The Morgan fingerprint density at radius 2 is 1.00 bits per heavy atom. The number of aryl methyl sites for hydroxylation is 2. The maximum absolute atomic E-state index is 15.0. The summed E-state index contributed by atoms with van der Waals surface area (Å²) in [5, 5.41) is 19.9. The number of aromatic nitrogens is 8. The van der Waals surface area contributed by atoms with Gasteiger partial charge in [-0.2, -0.15) is 0 Å². The summed E-state index contributed by atoms with van der Waals surface area (Å²) in [6.45, 7) is 11.3. The molecule has 7 heterocycles. The molecule has 7 aliphatic rings. The Hall–Kier alpha value is -7.19. The molecule has 0 spiro atoms. The zero-order valence-electron chi connectivity index (χ0n) is 48.9. The van der Waals surface area contributed by atoms with E-state index in [0.717, 1.165) is 101 Å². The Kier molecular flexibility index (Phi) is 17.0. The molecule has 0 radical (unpaired) electrons. The summed E-state index contributed by atoms with van der Waals surface area (Å²) >= 11 is 5.71. The third-order valence-electron chi connectivity index (χ3n) is 18.9. The third kappa shape index (κ3) is 12.0. The van der Waals surface area contributed by atoms with Gasteiger partial charge in [0.1, 0.15) is 11.6 Å². The van der Waals surface area contributed by atoms with E-state index in [4.69, 9.17) is 20.9 Å². The molecule has 0 amide bonds. The van der Waals surface area contributed by atoms with Gasteiger partial charge in [-0.15, -0.1) is 0 Å². The summed E-state index contributed by atoms with van der Waals surface area (Å²) in [6, 6.07) is 15.2. The highest BCUT2D eigenvalue weighted by atomic mass is 35.5. The van der Waals surface area contributed by atoms with Crippen molar-refractivity contribution in [3.63, 3.8) is 0 Å². The van der Waals surface area contributed by atoms with Crippen LogP contribution in [0, 0.1) is 84.5 Å². The minimum absolute atomic E-state index is 0.00856. The number of carboxylic acids is 2. The second-order valence-electron chi connectivity index (χ2n) is 24.7. The van der Waals surface area contributed by atoms with Gasteiger partial charge in [-0.05, 0) is 189 Å². The number of hydrogen-bond acceptors (Lipinski definition) is 14. The van der Waals surface area contributed by atoms with E-state index in [2.05, 4.69) is 29.9 Å². The van der Waals surface area contributed by atoms with E-state index in [1.165, 1.54) is 42.7 Å². The topological polar surface area (TPSA) is 249 Å². The Labute approximate surface area is 511 Å². The van der Waals surface area contributed by atoms with Crippen LogP contribution in [0.2, 0.25) is 5.28 Å². The van der Waals surface area contributed by atoms with Gasteiger partial charge >= 0.3 is 19.1 Å². The fourth-order valence-corrected chi connectivity index (χ4v) is 16.4. The zero-order chi connectivity index (χ0) is 62.9. The summed E-state index contributed by atoms with van der Waals surface area (Å²) < 4.78 is 125. The van der Waals surface area contributed by atoms with Crippen molar-refractivity contribution in [3.8, 4) is 11.4 Å². The number of pyridine rings is 2. The predicted molar refractivity (Wildman–Crippen MR) is 318 cm³/mol. The second kappa shape index (κ2) is 24.0. The highest BCUT2D eigenvalue weighted by molar-refractivity contribution is 7.90. The third-order valence-corrected chi connectivity index (χ3v) is 22.4. The van der Waals surface area contributed by atoms with E-state index in [9.17, 15) is 54.2 Å². The number of nitrogens with zero attached hydrogens (tertiary/aromatic N) is 8. The summed E-state index contributed by atoms with van der Waals surface area (Å²) in [5.74, 6) is -4.44. The van der Waals surface area contributed by atoms with Crippen molar-refractivity contribution >= 4 is 78.2 Å². The highest BCUT2D eigenvalue weighted by Crippen LogP contribution is 2.52. The quantitative estimate of drug-likeness (QED) is 0.0655. The average molecular weight is 1270 g/mol. The summed E-state index contributed by atoms with van der Waals surface area (Å²) in [7, 11) is -8.90. The van der Waals surface area contributed by atoms with Crippen molar-refractivity contribution in [1.82, 2.24) is 37.8 Å². The van der Waals surface area contributed by atoms with Crippen LogP contribution in [-0.2, 0) is 51.8 Å². The number of hydrogen-bond donors (Lipinski definition) is 2. The van der Waals surface area contributed by atoms with E-state index in [-0.39, 0.29) is 96.5 Å². The van der Waals surface area contributed by atoms with Crippen LogP contribution in [0.1, 0.15) is 102 Å². The molecule has 1 aliphatic heterocycles. The van der Waals surface area contributed by atoms with Crippen molar-refractivity contribution in [1.29, 1.82) is 0 Å². The van der Waals surface area contributed by atoms with E-state index in [1.54, 1.807) is 24.3 Å². The maximum Gasteiger partial charge on any atom is 0.497 e. The number of rotatable bonds is 12. The van der Waals surface area contributed by atoms with E-state index >= 15 is 0 Å². The van der Waals surface area contributed by atoms with Crippen molar-refractivity contribution in [2.24, 2.45) is 47.3 Å². The monoisotopic (exact) mass is 1270 g/mol. The largest absolute Gasteiger partial charge is 0.497 e. The van der Waals surface area contributed by atoms with Crippen LogP contribution in [0.4, 0.5) is 17.6 Å². The first-order valence-corrected chi connectivity index (χ1v) is 32.3. The number of carbonyl (C=O) groups is 2. The lowest BCUT2D eigenvalue weighted by Crippen LogP contribution is -2.45. The predicted octanol–water partition coefficient (Wildman–Crippen LogP) is 11.0. The summed E-state index contributed by atoms with van der Waals surface area (Å²) in [5.41, 5.74) is 1.59. The molecule has 6 saturated carbocycles. The fraction of sp³-hybridized carbons (Fsp3) is 0.419. The normalized spacial score (nSPS) is 23.6. The van der Waals surface area contributed by atoms with Crippen LogP contribution in [0.5, 0.6) is 0 Å². The van der Waals surface area contributed by atoms with Gasteiger partial charge in [-0.1, -0.05) is 35.4 Å². The molecule has 0 unspecified atom stereocenters. The molecule has 8 aromatic rings. The van der Waals surface area contributed by atoms with Crippen LogP contribution in [0.3, 0.4) is 0 Å². The van der Waals surface area contributed by atoms with Gasteiger partial charge in [-0.25, -0.2) is 72.2 Å². The molecule has 462 valence electrons. The molecule has 26 heteroatoms. The number of aliphatic carboxylic acids is 2. The van der Waals surface area contributed by atoms with Crippen molar-refractivity contribution in [2.75, 3.05) is 0 Å². The molecule has 6 aromatic heterocycles. The van der Waals surface area contributed by atoms with Crippen molar-refractivity contribution in [3.05, 3.63) is 149 Å². The molecule has 2 N–H and O–H groups in total. The Balaban J connectivity index is 0.000000144. The number of benzene rings is 2. The van der Waals surface area contributed by atoms with Crippen LogP contribution >= 0.6 is 11.6 Å². The van der Waals surface area contributed by atoms with Crippen LogP contribution in [0.25, 0.3) is 33.5 Å². The van der Waals surface area contributed by atoms with E-state index in [1.807, 2.05) is 41.5 Å². The van der Waals surface area contributed by atoms with E-state index in [0.29, 0.717) is 23.2 Å². The maximum atomic E-state index is 15.0. The first kappa shape index (κ1) is 62.4. The molecular weight excluding hydrogens is 1200 g/mol. The minimum atomic E-state index is -4.11. The van der Waals surface area contributed by atoms with Gasteiger partial charge in [-0.3, -0.25) is 9.59 Å².